The van der Waals surface area contributed by atoms with Crippen molar-refractivity contribution in [2.75, 3.05) is 13.7 Å². The first-order chi connectivity index (χ1) is 8.21. The predicted octanol–water partition coefficient (Wildman–Crippen LogP) is 2.08. The van der Waals surface area contributed by atoms with Crippen molar-refractivity contribution in [1.29, 1.82) is 0 Å². The van der Waals surface area contributed by atoms with Crippen molar-refractivity contribution in [2.45, 2.75) is 45.6 Å². The highest BCUT2D eigenvalue weighted by Crippen LogP contribution is 2.19. The Labute approximate surface area is 103 Å². The Bertz CT molecular complexity index is 314. The van der Waals surface area contributed by atoms with Crippen molar-refractivity contribution >= 4 is 0 Å². The minimum absolute atomic E-state index is 0.0515. The van der Waals surface area contributed by atoms with Gasteiger partial charge < -0.3 is 15.0 Å². The summed E-state index contributed by atoms with van der Waals surface area (Å²) in [5.74, 6) is 1.82. The lowest BCUT2D eigenvalue weighted by atomic mass is 10.1. The van der Waals surface area contributed by atoms with Crippen LogP contribution in [-0.4, -0.2) is 23.8 Å². The van der Waals surface area contributed by atoms with Gasteiger partial charge >= 0.3 is 0 Å². The van der Waals surface area contributed by atoms with Gasteiger partial charge in [-0.05, 0) is 25.3 Å². The van der Waals surface area contributed by atoms with Crippen LogP contribution in [-0.2, 0) is 11.2 Å². The van der Waals surface area contributed by atoms with E-state index in [1.54, 1.807) is 7.11 Å². The van der Waals surface area contributed by atoms with Crippen LogP contribution in [0.5, 0.6) is 0 Å². The van der Waals surface area contributed by atoms with Gasteiger partial charge in [0.25, 0.3) is 0 Å². The van der Waals surface area contributed by atoms with Crippen molar-refractivity contribution in [2.24, 2.45) is 11.7 Å². The van der Waals surface area contributed by atoms with E-state index in [0.29, 0.717) is 24.2 Å². The summed E-state index contributed by atoms with van der Waals surface area (Å²) >= 11 is 0. The first kappa shape index (κ1) is 14.1. The normalized spacial score (nSPS) is 14.8. The van der Waals surface area contributed by atoms with Crippen molar-refractivity contribution in [3.8, 4) is 0 Å². The Hall–Kier alpha value is -0.940. The van der Waals surface area contributed by atoms with Gasteiger partial charge in [0.05, 0.1) is 0 Å². The first-order valence-corrected chi connectivity index (χ1v) is 6.26. The molecule has 1 heterocycles. The highest BCUT2D eigenvalue weighted by atomic mass is 16.5. The van der Waals surface area contributed by atoms with E-state index in [9.17, 15) is 0 Å². The number of nitrogens with two attached hydrogens (primary N) is 1. The van der Waals surface area contributed by atoms with E-state index in [0.717, 1.165) is 25.7 Å². The largest absolute Gasteiger partial charge is 0.373 e. The Balaban J connectivity index is 2.51. The van der Waals surface area contributed by atoms with Gasteiger partial charge in [-0.15, -0.1) is 0 Å². The summed E-state index contributed by atoms with van der Waals surface area (Å²) in [6.07, 6.45) is 3.66. The van der Waals surface area contributed by atoms with Gasteiger partial charge in [-0.1, -0.05) is 25.4 Å². The van der Waals surface area contributed by atoms with E-state index in [1.165, 1.54) is 0 Å². The van der Waals surface area contributed by atoms with Crippen LogP contribution in [0.2, 0.25) is 0 Å². The number of hydrogen-bond acceptors (Lipinski definition) is 5. The molecule has 1 rings (SSSR count). The molecule has 2 atom stereocenters. The molecule has 0 aliphatic heterocycles. The molecule has 0 saturated heterocycles. The quantitative estimate of drug-likeness (QED) is 0.754. The van der Waals surface area contributed by atoms with Crippen molar-refractivity contribution in [3.05, 3.63) is 11.7 Å². The number of rotatable bonds is 8. The maximum Gasteiger partial charge on any atom is 0.226 e. The van der Waals surface area contributed by atoms with Crippen LogP contribution in [0, 0.1) is 5.92 Å². The number of aromatic nitrogens is 2. The molecule has 1 aromatic heterocycles. The van der Waals surface area contributed by atoms with Gasteiger partial charge in [0, 0.05) is 13.5 Å². The van der Waals surface area contributed by atoms with E-state index in [-0.39, 0.29) is 6.10 Å². The molecule has 0 aliphatic rings. The SMILES string of the molecule is CCCC(OC)c1noc(CCC(C)CN)n1. The molecule has 2 N–H and O–H groups in total. The molecule has 0 aromatic carbocycles. The topological polar surface area (TPSA) is 74.2 Å². The third-order valence-electron chi connectivity index (χ3n) is 2.86. The number of hydrogen-bond donors (Lipinski definition) is 1. The number of nitrogens with zero attached hydrogens (tertiary/aromatic N) is 2. The summed E-state index contributed by atoms with van der Waals surface area (Å²) in [7, 11) is 1.67. The minimum atomic E-state index is -0.0515. The second-order valence-corrected chi connectivity index (χ2v) is 4.44. The molecule has 0 fully saturated rings. The standard InChI is InChI=1S/C12H23N3O2/c1-4-5-10(16-3)12-14-11(17-15-12)7-6-9(2)8-13/h9-10H,4-8,13H2,1-3H3. The second-order valence-electron chi connectivity index (χ2n) is 4.44. The van der Waals surface area contributed by atoms with Gasteiger partial charge in [-0.2, -0.15) is 4.98 Å². The Kier molecular flexibility index (Phi) is 6.15. The lowest BCUT2D eigenvalue weighted by Crippen LogP contribution is -2.11. The van der Waals surface area contributed by atoms with Crippen LogP contribution in [0.4, 0.5) is 0 Å². The van der Waals surface area contributed by atoms with E-state index < -0.39 is 0 Å². The van der Waals surface area contributed by atoms with Gasteiger partial charge in [-0.25, -0.2) is 0 Å². The van der Waals surface area contributed by atoms with E-state index in [4.69, 9.17) is 15.0 Å². The Morgan fingerprint density at radius 3 is 2.76 bits per heavy atom. The van der Waals surface area contributed by atoms with E-state index in [1.807, 2.05) is 0 Å². The lowest BCUT2D eigenvalue weighted by molar-refractivity contribution is 0.0854. The molecule has 2 unspecified atom stereocenters. The zero-order chi connectivity index (χ0) is 12.7. The van der Waals surface area contributed by atoms with Crippen LogP contribution in [0.1, 0.15) is 50.9 Å². The molecule has 0 aliphatic carbocycles. The first-order valence-electron chi connectivity index (χ1n) is 6.26. The molecule has 17 heavy (non-hydrogen) atoms. The van der Waals surface area contributed by atoms with Gasteiger partial charge in [0.1, 0.15) is 6.10 Å². The van der Waals surface area contributed by atoms with Crippen LogP contribution in [0.15, 0.2) is 4.52 Å². The Morgan fingerprint density at radius 2 is 2.18 bits per heavy atom. The molecule has 98 valence electrons. The van der Waals surface area contributed by atoms with Gasteiger partial charge in [0.2, 0.25) is 11.7 Å². The second kappa shape index (κ2) is 7.40. The van der Waals surface area contributed by atoms with Crippen LogP contribution >= 0.6 is 0 Å². The summed E-state index contributed by atoms with van der Waals surface area (Å²) in [5.41, 5.74) is 5.56. The summed E-state index contributed by atoms with van der Waals surface area (Å²) in [6.45, 7) is 4.92. The molecule has 1 aromatic rings. The average Bonchev–Trinajstić information content (AvgIpc) is 2.81. The predicted molar refractivity (Wildman–Crippen MR) is 65.5 cm³/mol. The molecular formula is C12H23N3O2. The summed E-state index contributed by atoms with van der Waals surface area (Å²) in [5, 5.41) is 3.97. The monoisotopic (exact) mass is 241 g/mol. The fourth-order valence-corrected chi connectivity index (χ4v) is 1.60. The van der Waals surface area contributed by atoms with E-state index >= 15 is 0 Å². The van der Waals surface area contributed by atoms with Gasteiger partial charge in [0.15, 0.2) is 0 Å². The van der Waals surface area contributed by atoms with Crippen LogP contribution in [0.3, 0.4) is 0 Å². The zero-order valence-corrected chi connectivity index (χ0v) is 11.0. The molecular weight excluding hydrogens is 218 g/mol. The summed E-state index contributed by atoms with van der Waals surface area (Å²) in [4.78, 5) is 4.36. The number of ether oxygens (including phenoxy) is 1. The summed E-state index contributed by atoms with van der Waals surface area (Å²) < 4.78 is 10.5. The van der Waals surface area contributed by atoms with Crippen molar-refractivity contribution in [3.63, 3.8) is 0 Å². The molecule has 0 radical (unpaired) electrons. The maximum atomic E-state index is 5.56. The third kappa shape index (κ3) is 4.44. The smallest absolute Gasteiger partial charge is 0.226 e. The van der Waals surface area contributed by atoms with Crippen molar-refractivity contribution < 1.29 is 9.26 Å². The molecule has 0 bridgehead atoms. The highest BCUT2D eigenvalue weighted by molar-refractivity contribution is 4.91. The maximum absolute atomic E-state index is 5.56. The highest BCUT2D eigenvalue weighted by Gasteiger charge is 2.17. The molecule has 0 amide bonds. The minimum Gasteiger partial charge on any atom is -0.373 e. The summed E-state index contributed by atoms with van der Waals surface area (Å²) in [6, 6.07) is 0. The number of aryl methyl sites for hydroxylation is 1. The van der Waals surface area contributed by atoms with Gasteiger partial charge in [-0.3, -0.25) is 0 Å². The molecule has 0 spiro atoms. The van der Waals surface area contributed by atoms with E-state index in [2.05, 4.69) is 24.0 Å². The molecule has 5 nitrogen and oxygen atoms in total. The lowest BCUT2D eigenvalue weighted by Gasteiger charge is -2.08. The average molecular weight is 241 g/mol. The molecule has 5 heteroatoms. The number of methoxy groups -OCH3 is 1. The Morgan fingerprint density at radius 1 is 1.41 bits per heavy atom. The third-order valence-corrected chi connectivity index (χ3v) is 2.86. The zero-order valence-electron chi connectivity index (χ0n) is 11.0. The van der Waals surface area contributed by atoms with Crippen LogP contribution in [0.25, 0.3) is 0 Å². The fourth-order valence-electron chi connectivity index (χ4n) is 1.60. The van der Waals surface area contributed by atoms with Crippen LogP contribution < -0.4 is 5.73 Å². The van der Waals surface area contributed by atoms with Crippen molar-refractivity contribution in [1.82, 2.24) is 10.1 Å². The molecule has 0 saturated carbocycles. The fraction of sp³-hybridized carbons (Fsp3) is 0.833.